The number of hydrogen-bond acceptors (Lipinski definition) is 6. The van der Waals surface area contributed by atoms with Gasteiger partial charge < -0.3 is 9.47 Å². The normalized spacial score (nSPS) is 14.7. The van der Waals surface area contributed by atoms with Crippen LogP contribution in [0.2, 0.25) is 0 Å². The van der Waals surface area contributed by atoms with Gasteiger partial charge in [-0.15, -0.1) is 0 Å². The van der Waals surface area contributed by atoms with E-state index in [1.54, 1.807) is 30.1 Å². The molecule has 0 saturated heterocycles. The first kappa shape index (κ1) is 20.0. The zero-order valence-corrected chi connectivity index (χ0v) is 17.1. The maximum atomic E-state index is 12.6. The van der Waals surface area contributed by atoms with Gasteiger partial charge in [0.25, 0.3) is 15.9 Å². The van der Waals surface area contributed by atoms with Crippen molar-refractivity contribution in [3.05, 3.63) is 72.6 Å². The summed E-state index contributed by atoms with van der Waals surface area (Å²) in [4.78, 5) is 12.6. The number of carbonyl (C=O) groups is 1. The molecule has 3 aromatic rings. The van der Waals surface area contributed by atoms with E-state index in [2.05, 4.69) is 9.82 Å². The Morgan fingerprint density at radius 1 is 1.10 bits per heavy atom. The fourth-order valence-electron chi connectivity index (χ4n) is 2.90. The van der Waals surface area contributed by atoms with Crippen LogP contribution in [0.1, 0.15) is 18.4 Å². The highest BCUT2D eigenvalue weighted by atomic mass is 32.2. The minimum atomic E-state index is -4.03. The average molecular weight is 427 g/mol. The van der Waals surface area contributed by atoms with Crippen LogP contribution in [0.15, 0.2) is 71.9 Å². The van der Waals surface area contributed by atoms with Crippen LogP contribution in [0.25, 0.3) is 0 Å². The van der Waals surface area contributed by atoms with Gasteiger partial charge in [0, 0.05) is 19.9 Å². The van der Waals surface area contributed by atoms with Gasteiger partial charge in [-0.1, -0.05) is 30.3 Å². The molecule has 2 aromatic carbocycles. The maximum absolute atomic E-state index is 12.6. The molecule has 1 saturated carbocycles. The molecule has 0 bridgehead atoms. The number of aromatic nitrogens is 2. The summed E-state index contributed by atoms with van der Waals surface area (Å²) in [5, 5.41) is 3.98. The maximum Gasteiger partial charge on any atom is 0.277 e. The number of rotatable bonds is 8. The number of aryl methyl sites for hydroxylation is 1. The van der Waals surface area contributed by atoms with E-state index < -0.39 is 21.5 Å². The quantitative estimate of drug-likeness (QED) is 0.593. The first-order valence-electron chi connectivity index (χ1n) is 9.38. The minimum Gasteiger partial charge on any atom is -0.489 e. The number of ether oxygens (including phenoxy) is 2. The molecular weight excluding hydrogens is 406 g/mol. The van der Waals surface area contributed by atoms with Crippen molar-refractivity contribution in [2.75, 3.05) is 0 Å². The molecular formula is C21H21N3O5S. The monoisotopic (exact) mass is 427 g/mol. The van der Waals surface area contributed by atoms with Gasteiger partial charge in [0.15, 0.2) is 11.4 Å². The largest absolute Gasteiger partial charge is 0.489 e. The Labute approximate surface area is 174 Å². The summed E-state index contributed by atoms with van der Waals surface area (Å²) >= 11 is 0. The standard InChI is InChI=1S/C21H21N3O5S/c1-24-14-18(13-22-24)29-21(11-12-21)20(25)23-30(26,27)19-9-7-17(8-10-19)28-15-16-5-3-2-4-6-16/h2-10,13-14H,11-12,15H2,1H3,(H,23,25). The van der Waals surface area contributed by atoms with E-state index in [0.717, 1.165) is 5.56 Å². The van der Waals surface area contributed by atoms with Crippen LogP contribution < -0.4 is 14.2 Å². The lowest BCUT2D eigenvalue weighted by molar-refractivity contribution is -0.127. The van der Waals surface area contributed by atoms with Crippen molar-refractivity contribution in [1.29, 1.82) is 0 Å². The fourth-order valence-corrected chi connectivity index (χ4v) is 3.94. The minimum absolute atomic E-state index is 0.0277. The Bertz CT molecular complexity index is 1140. The van der Waals surface area contributed by atoms with E-state index in [1.807, 2.05) is 30.3 Å². The van der Waals surface area contributed by atoms with Crippen LogP contribution in [-0.2, 0) is 28.5 Å². The topological polar surface area (TPSA) is 99.5 Å². The summed E-state index contributed by atoms with van der Waals surface area (Å²) in [7, 11) is -2.30. The van der Waals surface area contributed by atoms with E-state index in [0.29, 0.717) is 30.9 Å². The summed E-state index contributed by atoms with van der Waals surface area (Å²) in [5.41, 5.74) is -0.167. The molecule has 8 nitrogen and oxygen atoms in total. The molecule has 9 heteroatoms. The fraction of sp³-hybridized carbons (Fsp3) is 0.238. The smallest absolute Gasteiger partial charge is 0.277 e. The Kier molecular flexibility index (Phi) is 5.21. The van der Waals surface area contributed by atoms with Gasteiger partial charge in [0.2, 0.25) is 0 Å². The number of sulfonamides is 1. The second kappa shape index (κ2) is 7.83. The van der Waals surface area contributed by atoms with Gasteiger partial charge in [-0.05, 0) is 29.8 Å². The van der Waals surface area contributed by atoms with Crippen molar-refractivity contribution in [2.45, 2.75) is 29.9 Å². The summed E-state index contributed by atoms with van der Waals surface area (Å²) in [6, 6.07) is 15.6. The van der Waals surface area contributed by atoms with Crippen molar-refractivity contribution >= 4 is 15.9 Å². The van der Waals surface area contributed by atoms with Gasteiger partial charge in [-0.2, -0.15) is 5.10 Å². The summed E-state index contributed by atoms with van der Waals surface area (Å²) in [5.74, 6) is 0.265. The summed E-state index contributed by atoms with van der Waals surface area (Å²) in [6.07, 6.45) is 3.98. The summed E-state index contributed by atoms with van der Waals surface area (Å²) in [6.45, 7) is 0.373. The highest BCUT2D eigenvalue weighted by Crippen LogP contribution is 2.40. The number of nitrogens with one attached hydrogen (secondary N) is 1. The lowest BCUT2D eigenvalue weighted by Crippen LogP contribution is -2.43. The molecule has 4 rings (SSSR count). The van der Waals surface area contributed by atoms with Gasteiger partial charge in [-0.3, -0.25) is 9.48 Å². The number of amides is 1. The first-order valence-corrected chi connectivity index (χ1v) is 10.9. The SMILES string of the molecule is Cn1cc(OC2(C(=O)NS(=O)(=O)c3ccc(OCc4ccccc4)cc3)CC2)cn1. The molecule has 1 amide bonds. The Morgan fingerprint density at radius 2 is 1.80 bits per heavy atom. The zero-order chi connectivity index (χ0) is 21.2. The lowest BCUT2D eigenvalue weighted by Gasteiger charge is -2.16. The molecule has 156 valence electrons. The van der Waals surface area contributed by atoms with E-state index in [9.17, 15) is 13.2 Å². The molecule has 1 aliphatic carbocycles. The molecule has 1 aromatic heterocycles. The highest BCUT2D eigenvalue weighted by Gasteiger charge is 2.54. The van der Waals surface area contributed by atoms with Crippen molar-refractivity contribution in [1.82, 2.24) is 14.5 Å². The molecule has 1 heterocycles. The molecule has 0 atom stereocenters. The second-order valence-corrected chi connectivity index (χ2v) is 8.81. The molecule has 1 aliphatic rings. The number of hydrogen-bond donors (Lipinski definition) is 1. The van der Waals surface area contributed by atoms with Gasteiger partial charge >= 0.3 is 0 Å². The van der Waals surface area contributed by atoms with E-state index >= 15 is 0 Å². The highest BCUT2D eigenvalue weighted by molar-refractivity contribution is 7.90. The van der Waals surface area contributed by atoms with Gasteiger partial charge in [0.05, 0.1) is 17.3 Å². The molecule has 0 aliphatic heterocycles. The first-order chi connectivity index (χ1) is 14.4. The van der Waals surface area contributed by atoms with Gasteiger partial charge in [0.1, 0.15) is 12.4 Å². The third-order valence-corrected chi connectivity index (χ3v) is 6.07. The Hall–Kier alpha value is -3.33. The number of nitrogens with zero attached hydrogens (tertiary/aromatic N) is 2. The third-order valence-electron chi connectivity index (χ3n) is 4.72. The number of carbonyl (C=O) groups excluding carboxylic acids is 1. The summed E-state index contributed by atoms with van der Waals surface area (Å²) < 4.78 is 40.3. The number of benzene rings is 2. The van der Waals surface area contributed by atoms with Crippen LogP contribution in [0.3, 0.4) is 0 Å². The average Bonchev–Trinajstić information content (AvgIpc) is 3.41. The third kappa shape index (κ3) is 4.46. The lowest BCUT2D eigenvalue weighted by atomic mass is 10.2. The van der Waals surface area contributed by atoms with Crippen molar-refractivity contribution in [2.24, 2.45) is 7.05 Å². The van der Waals surface area contributed by atoms with Crippen LogP contribution in [0.4, 0.5) is 0 Å². The Morgan fingerprint density at radius 3 is 2.40 bits per heavy atom. The van der Waals surface area contributed by atoms with Crippen molar-refractivity contribution < 1.29 is 22.7 Å². The molecule has 0 radical (unpaired) electrons. The van der Waals surface area contributed by atoms with E-state index in [-0.39, 0.29) is 4.90 Å². The predicted molar refractivity (Wildman–Crippen MR) is 108 cm³/mol. The molecule has 1 N–H and O–H groups in total. The zero-order valence-electron chi connectivity index (χ0n) is 16.3. The second-order valence-electron chi connectivity index (χ2n) is 7.13. The predicted octanol–water partition coefficient (Wildman–Crippen LogP) is 2.42. The molecule has 1 fully saturated rings. The molecule has 30 heavy (non-hydrogen) atoms. The van der Waals surface area contributed by atoms with E-state index in [4.69, 9.17) is 9.47 Å². The van der Waals surface area contributed by atoms with E-state index in [1.165, 1.54) is 18.3 Å². The Balaban J connectivity index is 1.39. The van der Waals surface area contributed by atoms with Crippen LogP contribution in [0, 0.1) is 0 Å². The van der Waals surface area contributed by atoms with Crippen molar-refractivity contribution in [3.8, 4) is 11.5 Å². The van der Waals surface area contributed by atoms with Crippen LogP contribution >= 0.6 is 0 Å². The van der Waals surface area contributed by atoms with Crippen molar-refractivity contribution in [3.63, 3.8) is 0 Å². The van der Waals surface area contributed by atoms with Crippen LogP contribution in [0.5, 0.6) is 11.5 Å². The molecule has 0 spiro atoms. The van der Waals surface area contributed by atoms with Crippen LogP contribution in [-0.4, -0.2) is 29.7 Å². The molecule has 0 unspecified atom stereocenters. The van der Waals surface area contributed by atoms with Gasteiger partial charge in [-0.25, -0.2) is 13.1 Å².